The number of halogens is 1. The van der Waals surface area contributed by atoms with Gasteiger partial charge in [-0.1, -0.05) is 6.92 Å². The Labute approximate surface area is 88.2 Å². The third-order valence-corrected chi connectivity index (χ3v) is 2.85. The molecular weight excluding hydrogens is 254 g/mol. The summed E-state index contributed by atoms with van der Waals surface area (Å²) in [6.07, 6.45) is 2.09. The van der Waals surface area contributed by atoms with Gasteiger partial charge in [0.1, 0.15) is 0 Å². The Bertz CT molecular complexity index is 346. The van der Waals surface area contributed by atoms with Crippen LogP contribution >= 0.6 is 27.3 Å². The predicted molar refractivity (Wildman–Crippen MR) is 55.7 cm³/mol. The first-order chi connectivity index (χ1) is 6.13. The minimum atomic E-state index is -0.883. The van der Waals surface area contributed by atoms with Crippen LogP contribution in [0.15, 0.2) is 14.9 Å². The van der Waals surface area contributed by atoms with Crippen LogP contribution in [0.25, 0.3) is 6.08 Å². The van der Waals surface area contributed by atoms with Crippen molar-refractivity contribution in [3.8, 4) is 0 Å². The van der Waals surface area contributed by atoms with Crippen LogP contribution in [-0.4, -0.2) is 16.1 Å². The second kappa shape index (κ2) is 4.53. The fourth-order valence-corrected chi connectivity index (χ4v) is 1.81. The van der Waals surface area contributed by atoms with E-state index in [4.69, 9.17) is 5.11 Å². The first-order valence-electron chi connectivity index (χ1n) is 3.68. The number of aliphatic carboxylic acids is 1. The number of rotatable bonds is 3. The molecule has 0 aliphatic heterocycles. The highest BCUT2D eigenvalue weighted by Crippen LogP contribution is 2.18. The maximum atomic E-state index is 10.6. The zero-order valence-electron chi connectivity index (χ0n) is 6.95. The van der Waals surface area contributed by atoms with Crippen LogP contribution in [-0.2, 0) is 4.79 Å². The molecular formula is C8H8BrNO2S. The lowest BCUT2D eigenvalue weighted by atomic mass is 10.2. The molecule has 0 spiro atoms. The Balaban J connectivity index is 2.91. The zero-order chi connectivity index (χ0) is 9.84. The minimum Gasteiger partial charge on any atom is -0.478 e. The molecule has 13 heavy (non-hydrogen) atoms. The second-order valence-corrected chi connectivity index (χ2v) is 4.49. The van der Waals surface area contributed by atoms with Gasteiger partial charge in [0.25, 0.3) is 0 Å². The highest BCUT2D eigenvalue weighted by atomic mass is 79.9. The van der Waals surface area contributed by atoms with E-state index in [0.717, 1.165) is 3.92 Å². The van der Waals surface area contributed by atoms with Gasteiger partial charge in [-0.25, -0.2) is 9.78 Å². The van der Waals surface area contributed by atoms with Crippen molar-refractivity contribution in [3.63, 3.8) is 0 Å². The minimum absolute atomic E-state index is 0.373. The molecule has 1 aromatic heterocycles. The summed E-state index contributed by atoms with van der Waals surface area (Å²) in [5.41, 5.74) is 1.06. The molecule has 5 heteroatoms. The van der Waals surface area contributed by atoms with Crippen molar-refractivity contribution in [1.82, 2.24) is 4.98 Å². The first-order valence-corrected chi connectivity index (χ1v) is 5.35. The molecule has 1 aromatic rings. The van der Waals surface area contributed by atoms with Gasteiger partial charge in [-0.2, -0.15) is 0 Å². The Morgan fingerprint density at radius 2 is 2.54 bits per heavy atom. The lowest BCUT2D eigenvalue weighted by Crippen LogP contribution is -1.98. The molecule has 0 aromatic carbocycles. The van der Waals surface area contributed by atoms with Gasteiger partial charge in [-0.15, -0.1) is 11.3 Å². The normalized spacial score (nSPS) is 11.7. The van der Waals surface area contributed by atoms with E-state index in [9.17, 15) is 4.79 Å². The van der Waals surface area contributed by atoms with E-state index in [1.807, 2.05) is 5.38 Å². The van der Waals surface area contributed by atoms with Crippen LogP contribution in [0, 0.1) is 0 Å². The average molecular weight is 262 g/mol. The molecule has 0 saturated heterocycles. The Hall–Kier alpha value is -0.680. The van der Waals surface area contributed by atoms with Crippen molar-refractivity contribution in [1.29, 1.82) is 0 Å². The summed E-state index contributed by atoms with van der Waals surface area (Å²) in [6.45, 7) is 1.81. The van der Waals surface area contributed by atoms with E-state index in [-0.39, 0.29) is 0 Å². The number of hydrogen-bond acceptors (Lipinski definition) is 3. The quantitative estimate of drug-likeness (QED) is 0.852. The topological polar surface area (TPSA) is 50.2 Å². The highest BCUT2D eigenvalue weighted by molar-refractivity contribution is 9.11. The Morgan fingerprint density at radius 1 is 1.85 bits per heavy atom. The molecule has 0 radical (unpaired) electrons. The van der Waals surface area contributed by atoms with Crippen LogP contribution in [0.4, 0.5) is 0 Å². The monoisotopic (exact) mass is 261 g/mol. The molecule has 70 valence electrons. The first kappa shape index (κ1) is 10.4. The molecule has 0 fully saturated rings. The number of carboxylic acid groups (broad SMARTS) is 1. The standard InChI is InChI=1S/C8H8BrNO2S/c1-2-5(7(11)12)3-6-4-13-8(9)10-6/h3-4H,2H2,1H3,(H,11,12). The van der Waals surface area contributed by atoms with Gasteiger partial charge in [0.15, 0.2) is 3.92 Å². The van der Waals surface area contributed by atoms with Crippen LogP contribution in [0.5, 0.6) is 0 Å². The molecule has 0 bridgehead atoms. The van der Waals surface area contributed by atoms with E-state index in [0.29, 0.717) is 17.7 Å². The Morgan fingerprint density at radius 3 is 2.92 bits per heavy atom. The van der Waals surface area contributed by atoms with Gasteiger partial charge < -0.3 is 5.11 Å². The predicted octanol–water partition coefficient (Wildman–Crippen LogP) is 2.78. The number of carbonyl (C=O) groups is 1. The summed E-state index contributed by atoms with van der Waals surface area (Å²) in [7, 11) is 0. The molecule has 3 nitrogen and oxygen atoms in total. The van der Waals surface area contributed by atoms with Crippen molar-refractivity contribution in [3.05, 3.63) is 20.6 Å². The van der Waals surface area contributed by atoms with Crippen molar-refractivity contribution in [2.75, 3.05) is 0 Å². The van der Waals surface area contributed by atoms with Crippen molar-refractivity contribution >= 4 is 39.3 Å². The van der Waals surface area contributed by atoms with Crippen molar-refractivity contribution in [2.24, 2.45) is 0 Å². The van der Waals surface area contributed by atoms with Gasteiger partial charge in [0, 0.05) is 11.0 Å². The molecule has 0 amide bonds. The summed E-state index contributed by atoms with van der Waals surface area (Å²) in [5, 5.41) is 10.5. The van der Waals surface area contributed by atoms with E-state index >= 15 is 0 Å². The average Bonchev–Trinajstić information content (AvgIpc) is 2.46. The van der Waals surface area contributed by atoms with E-state index in [1.165, 1.54) is 11.3 Å². The van der Waals surface area contributed by atoms with Crippen LogP contribution < -0.4 is 0 Å². The molecule has 0 aliphatic rings. The van der Waals surface area contributed by atoms with Gasteiger partial charge in [-0.05, 0) is 28.4 Å². The highest BCUT2D eigenvalue weighted by Gasteiger charge is 2.05. The molecule has 0 atom stereocenters. The Kier molecular flexibility index (Phi) is 3.62. The van der Waals surface area contributed by atoms with E-state index < -0.39 is 5.97 Å². The fraction of sp³-hybridized carbons (Fsp3) is 0.250. The van der Waals surface area contributed by atoms with Gasteiger partial charge in [0.05, 0.1) is 5.69 Å². The summed E-state index contributed by atoms with van der Waals surface area (Å²) in [4.78, 5) is 14.7. The molecule has 1 rings (SSSR count). The molecule has 0 aliphatic carbocycles. The summed E-state index contributed by atoms with van der Waals surface area (Å²) < 4.78 is 0.764. The third kappa shape index (κ3) is 2.93. The van der Waals surface area contributed by atoms with Gasteiger partial charge >= 0.3 is 5.97 Å². The number of thiazole rings is 1. The van der Waals surface area contributed by atoms with Gasteiger partial charge in [-0.3, -0.25) is 0 Å². The summed E-state index contributed by atoms with van der Waals surface area (Å²) in [6, 6.07) is 0. The van der Waals surface area contributed by atoms with Gasteiger partial charge in [0.2, 0.25) is 0 Å². The molecule has 0 saturated carbocycles. The number of nitrogens with zero attached hydrogens (tertiary/aromatic N) is 1. The second-order valence-electron chi connectivity index (χ2n) is 2.35. The molecule has 0 unspecified atom stereocenters. The zero-order valence-corrected chi connectivity index (χ0v) is 9.35. The molecule has 1 N–H and O–H groups in total. The van der Waals surface area contributed by atoms with Crippen LogP contribution in [0.1, 0.15) is 19.0 Å². The number of aromatic nitrogens is 1. The SMILES string of the molecule is CCC(=Cc1csc(Br)n1)C(=O)O. The van der Waals surface area contributed by atoms with E-state index in [2.05, 4.69) is 20.9 Å². The van der Waals surface area contributed by atoms with Crippen molar-refractivity contribution in [2.45, 2.75) is 13.3 Å². The maximum absolute atomic E-state index is 10.6. The smallest absolute Gasteiger partial charge is 0.331 e. The largest absolute Gasteiger partial charge is 0.478 e. The maximum Gasteiger partial charge on any atom is 0.331 e. The van der Waals surface area contributed by atoms with E-state index in [1.54, 1.807) is 13.0 Å². The summed E-state index contributed by atoms with van der Waals surface area (Å²) >= 11 is 4.65. The van der Waals surface area contributed by atoms with Crippen LogP contribution in [0.3, 0.4) is 0 Å². The fourth-order valence-electron chi connectivity index (χ4n) is 0.823. The number of hydrogen-bond donors (Lipinski definition) is 1. The molecule has 1 heterocycles. The third-order valence-electron chi connectivity index (χ3n) is 1.47. The summed E-state index contributed by atoms with van der Waals surface area (Å²) in [5.74, 6) is -0.883. The number of carboxylic acids is 1. The van der Waals surface area contributed by atoms with Crippen LogP contribution in [0.2, 0.25) is 0 Å². The van der Waals surface area contributed by atoms with Crippen molar-refractivity contribution < 1.29 is 9.90 Å². The lowest BCUT2D eigenvalue weighted by molar-refractivity contribution is -0.132. The lowest BCUT2D eigenvalue weighted by Gasteiger charge is -1.94.